The van der Waals surface area contributed by atoms with Crippen molar-refractivity contribution in [3.05, 3.63) is 63.7 Å². The van der Waals surface area contributed by atoms with Gasteiger partial charge in [0.25, 0.3) is 11.6 Å². The Morgan fingerprint density at radius 1 is 1.03 bits per heavy atom. The van der Waals surface area contributed by atoms with Crippen LogP contribution in [0.1, 0.15) is 40.5 Å². The van der Waals surface area contributed by atoms with Gasteiger partial charge in [0.05, 0.1) is 22.7 Å². The number of carbonyl (C=O) groups excluding carboxylic acids is 3. The number of benzene rings is 2. The predicted molar refractivity (Wildman–Crippen MR) is 108 cm³/mol. The standard InChI is InChI=1S/C20H21N3O7/c1-2-3-10-29-19(25)13-4-7-15(8-5-13)22-18(24)12-30-20(26)14-6-9-16(21)17(11-14)23(27)28/h4-9,11H,2-3,10,12,21H2,1H3,(H,22,24). The van der Waals surface area contributed by atoms with Crippen LogP contribution in [0.5, 0.6) is 0 Å². The van der Waals surface area contributed by atoms with Crippen molar-refractivity contribution in [2.45, 2.75) is 19.8 Å². The van der Waals surface area contributed by atoms with Crippen LogP contribution in [-0.4, -0.2) is 36.0 Å². The van der Waals surface area contributed by atoms with Gasteiger partial charge in [-0.15, -0.1) is 0 Å². The van der Waals surface area contributed by atoms with Crippen molar-refractivity contribution < 1.29 is 28.8 Å². The van der Waals surface area contributed by atoms with E-state index in [1.807, 2.05) is 6.92 Å². The molecule has 0 saturated heterocycles. The van der Waals surface area contributed by atoms with Crippen molar-refractivity contribution >= 4 is 34.9 Å². The smallest absolute Gasteiger partial charge is 0.338 e. The summed E-state index contributed by atoms with van der Waals surface area (Å²) in [6.45, 7) is 1.73. The van der Waals surface area contributed by atoms with Crippen molar-refractivity contribution in [3.8, 4) is 0 Å². The second kappa shape index (κ2) is 10.6. The largest absolute Gasteiger partial charge is 0.462 e. The minimum atomic E-state index is -0.904. The van der Waals surface area contributed by atoms with Crippen LogP contribution in [0, 0.1) is 10.1 Å². The fourth-order valence-corrected chi connectivity index (χ4v) is 2.32. The van der Waals surface area contributed by atoms with Crippen molar-refractivity contribution in [1.82, 2.24) is 0 Å². The van der Waals surface area contributed by atoms with Gasteiger partial charge in [-0.25, -0.2) is 9.59 Å². The Kier molecular flexibility index (Phi) is 7.86. The van der Waals surface area contributed by atoms with Gasteiger partial charge < -0.3 is 20.5 Å². The number of hydrogen-bond donors (Lipinski definition) is 2. The van der Waals surface area contributed by atoms with Gasteiger partial charge in [-0.2, -0.15) is 0 Å². The minimum Gasteiger partial charge on any atom is -0.462 e. The molecule has 10 heteroatoms. The van der Waals surface area contributed by atoms with Gasteiger partial charge in [0.1, 0.15) is 5.69 Å². The molecule has 0 unspecified atom stereocenters. The van der Waals surface area contributed by atoms with Crippen LogP contribution in [0.15, 0.2) is 42.5 Å². The molecule has 0 spiro atoms. The highest BCUT2D eigenvalue weighted by molar-refractivity contribution is 5.96. The number of amides is 1. The zero-order valence-electron chi connectivity index (χ0n) is 16.3. The second-order valence-corrected chi connectivity index (χ2v) is 6.22. The Morgan fingerprint density at radius 2 is 1.67 bits per heavy atom. The van der Waals surface area contributed by atoms with Crippen LogP contribution in [0.2, 0.25) is 0 Å². The van der Waals surface area contributed by atoms with Gasteiger partial charge in [0.15, 0.2) is 6.61 Å². The third kappa shape index (κ3) is 6.30. The summed E-state index contributed by atoms with van der Waals surface area (Å²) in [5, 5.41) is 13.4. The maximum atomic E-state index is 12.0. The number of nitrogens with zero attached hydrogens (tertiary/aromatic N) is 1. The number of ether oxygens (including phenoxy) is 2. The summed E-state index contributed by atoms with van der Waals surface area (Å²) >= 11 is 0. The monoisotopic (exact) mass is 415 g/mol. The van der Waals surface area contributed by atoms with E-state index in [9.17, 15) is 24.5 Å². The number of hydrogen-bond acceptors (Lipinski definition) is 8. The minimum absolute atomic E-state index is 0.0908. The molecule has 2 aromatic rings. The Balaban J connectivity index is 1.87. The van der Waals surface area contributed by atoms with E-state index in [0.717, 1.165) is 18.9 Å². The molecule has 0 atom stereocenters. The lowest BCUT2D eigenvalue weighted by atomic mass is 10.2. The third-order valence-corrected chi connectivity index (χ3v) is 3.93. The molecule has 0 bridgehead atoms. The number of nitrogen functional groups attached to an aromatic ring is 1. The lowest BCUT2D eigenvalue weighted by molar-refractivity contribution is -0.383. The molecule has 158 valence electrons. The highest BCUT2D eigenvalue weighted by atomic mass is 16.6. The van der Waals surface area contributed by atoms with Crippen LogP contribution in [0.25, 0.3) is 0 Å². The van der Waals surface area contributed by atoms with Crippen LogP contribution >= 0.6 is 0 Å². The number of esters is 2. The van der Waals surface area contributed by atoms with E-state index in [2.05, 4.69) is 5.32 Å². The number of rotatable bonds is 9. The van der Waals surface area contributed by atoms with Crippen molar-refractivity contribution in [2.75, 3.05) is 24.3 Å². The summed E-state index contributed by atoms with van der Waals surface area (Å²) in [5.41, 5.74) is 5.59. The van der Waals surface area contributed by atoms with Crippen molar-refractivity contribution in [2.24, 2.45) is 0 Å². The van der Waals surface area contributed by atoms with E-state index in [0.29, 0.717) is 17.9 Å². The molecule has 30 heavy (non-hydrogen) atoms. The number of nitro groups is 1. The highest BCUT2D eigenvalue weighted by Gasteiger charge is 2.17. The van der Waals surface area contributed by atoms with Gasteiger partial charge in [0.2, 0.25) is 0 Å². The van der Waals surface area contributed by atoms with E-state index < -0.39 is 35.1 Å². The third-order valence-electron chi connectivity index (χ3n) is 3.93. The molecule has 0 aliphatic carbocycles. The number of carbonyl (C=O) groups is 3. The molecule has 0 radical (unpaired) electrons. The Morgan fingerprint density at radius 3 is 2.30 bits per heavy atom. The zero-order chi connectivity index (χ0) is 22.1. The highest BCUT2D eigenvalue weighted by Crippen LogP contribution is 2.22. The van der Waals surface area contributed by atoms with Gasteiger partial charge >= 0.3 is 11.9 Å². The number of nitrogens with one attached hydrogen (secondary N) is 1. The average Bonchev–Trinajstić information content (AvgIpc) is 2.72. The molecule has 2 aromatic carbocycles. The van der Waals surface area contributed by atoms with E-state index in [4.69, 9.17) is 15.2 Å². The SMILES string of the molecule is CCCCOC(=O)c1ccc(NC(=O)COC(=O)c2ccc(N)c([N+](=O)[O-])c2)cc1. The second-order valence-electron chi connectivity index (χ2n) is 6.22. The zero-order valence-corrected chi connectivity index (χ0v) is 16.3. The van der Waals surface area contributed by atoms with E-state index in [-0.39, 0.29) is 11.3 Å². The number of nitrogens with two attached hydrogens (primary N) is 1. The lowest BCUT2D eigenvalue weighted by Gasteiger charge is -2.08. The van der Waals surface area contributed by atoms with Gasteiger partial charge in [-0.05, 0) is 42.8 Å². The summed E-state index contributed by atoms with van der Waals surface area (Å²) in [4.78, 5) is 46.0. The summed E-state index contributed by atoms with van der Waals surface area (Å²) in [6.07, 6.45) is 1.69. The fraction of sp³-hybridized carbons (Fsp3) is 0.250. The molecular formula is C20H21N3O7. The summed E-state index contributed by atoms with van der Waals surface area (Å²) in [5.74, 6) is -1.97. The van der Waals surface area contributed by atoms with Gasteiger partial charge in [0, 0.05) is 11.8 Å². The van der Waals surface area contributed by atoms with Crippen LogP contribution in [0.3, 0.4) is 0 Å². The molecule has 1 amide bonds. The summed E-state index contributed by atoms with van der Waals surface area (Å²) in [7, 11) is 0. The first-order valence-corrected chi connectivity index (χ1v) is 9.10. The maximum absolute atomic E-state index is 12.0. The van der Waals surface area contributed by atoms with E-state index in [1.54, 1.807) is 0 Å². The molecule has 0 heterocycles. The van der Waals surface area contributed by atoms with Crippen molar-refractivity contribution in [1.29, 1.82) is 0 Å². The topological polar surface area (TPSA) is 151 Å². The lowest BCUT2D eigenvalue weighted by Crippen LogP contribution is -2.21. The van der Waals surface area contributed by atoms with E-state index >= 15 is 0 Å². The van der Waals surface area contributed by atoms with Gasteiger partial charge in [-0.1, -0.05) is 13.3 Å². The summed E-state index contributed by atoms with van der Waals surface area (Å²) in [6, 6.07) is 9.49. The summed E-state index contributed by atoms with van der Waals surface area (Å²) < 4.78 is 9.96. The van der Waals surface area contributed by atoms with Crippen molar-refractivity contribution in [3.63, 3.8) is 0 Å². The molecular weight excluding hydrogens is 394 g/mol. The molecule has 0 fully saturated rings. The quantitative estimate of drug-likeness (QED) is 0.209. The Bertz CT molecular complexity index is 942. The first kappa shape index (κ1) is 22.3. The predicted octanol–water partition coefficient (Wildman–Crippen LogP) is 2.93. The molecule has 0 aromatic heterocycles. The molecule has 0 aliphatic heterocycles. The number of unbranched alkanes of at least 4 members (excludes halogenated alkanes) is 1. The average molecular weight is 415 g/mol. The number of nitro benzene ring substituents is 1. The van der Waals surface area contributed by atoms with Gasteiger partial charge in [-0.3, -0.25) is 14.9 Å². The van der Waals surface area contributed by atoms with Crippen LogP contribution in [-0.2, 0) is 14.3 Å². The molecule has 10 nitrogen and oxygen atoms in total. The maximum Gasteiger partial charge on any atom is 0.338 e. The Hall–Kier alpha value is -3.95. The first-order chi connectivity index (χ1) is 14.3. The first-order valence-electron chi connectivity index (χ1n) is 9.10. The Labute approximate surface area is 172 Å². The molecule has 0 aliphatic rings. The molecule has 3 N–H and O–H groups in total. The fourth-order valence-electron chi connectivity index (χ4n) is 2.32. The van der Waals surface area contributed by atoms with E-state index in [1.165, 1.54) is 36.4 Å². The normalized spacial score (nSPS) is 10.2. The number of anilines is 2. The molecule has 2 rings (SSSR count). The van der Waals surface area contributed by atoms with Crippen LogP contribution < -0.4 is 11.1 Å². The van der Waals surface area contributed by atoms with Crippen LogP contribution in [0.4, 0.5) is 17.1 Å². The molecule has 0 saturated carbocycles.